The third-order valence-electron chi connectivity index (χ3n) is 5.97. The maximum atomic E-state index is 13.4. The summed E-state index contributed by atoms with van der Waals surface area (Å²) in [6.45, 7) is 2.86. The SMILES string of the molecule is Cl.Cl.Fc1cccc(CN2CCC(Nc3ncnc4sc5c(c34)CCCC5)CC2)c1. The Balaban J connectivity index is 0.00000128. The lowest BCUT2D eigenvalue weighted by molar-refractivity contribution is 0.211. The number of nitrogens with zero attached hydrogens (tertiary/aromatic N) is 3. The normalized spacial score (nSPS) is 17.1. The Labute approximate surface area is 193 Å². The van der Waals surface area contributed by atoms with Crippen molar-refractivity contribution in [3.05, 3.63) is 52.4 Å². The van der Waals surface area contributed by atoms with E-state index in [2.05, 4.69) is 20.2 Å². The van der Waals surface area contributed by atoms with Gasteiger partial charge in [0.1, 0.15) is 22.8 Å². The van der Waals surface area contributed by atoms with E-state index in [4.69, 9.17) is 0 Å². The van der Waals surface area contributed by atoms with Crippen molar-refractivity contribution < 1.29 is 4.39 Å². The second kappa shape index (κ2) is 10.2. The molecule has 1 aromatic carbocycles. The first kappa shape index (κ1) is 23.2. The summed E-state index contributed by atoms with van der Waals surface area (Å²) < 4.78 is 13.4. The summed E-state index contributed by atoms with van der Waals surface area (Å²) in [6, 6.07) is 7.37. The molecule has 8 heteroatoms. The molecule has 2 aromatic heterocycles. The monoisotopic (exact) mass is 468 g/mol. The van der Waals surface area contributed by atoms with Crippen molar-refractivity contribution in [1.29, 1.82) is 0 Å². The molecule has 1 aliphatic heterocycles. The first-order valence-corrected chi connectivity index (χ1v) is 11.1. The fourth-order valence-corrected chi connectivity index (χ4v) is 5.75. The number of nitrogens with one attached hydrogen (secondary N) is 1. The zero-order chi connectivity index (χ0) is 18.9. The Kier molecular flexibility index (Phi) is 7.91. The van der Waals surface area contributed by atoms with Crippen molar-refractivity contribution in [2.75, 3.05) is 18.4 Å². The van der Waals surface area contributed by atoms with Crippen molar-refractivity contribution in [3.8, 4) is 0 Å². The van der Waals surface area contributed by atoms with E-state index >= 15 is 0 Å². The van der Waals surface area contributed by atoms with Crippen LogP contribution >= 0.6 is 36.2 Å². The number of likely N-dealkylation sites (tertiary alicyclic amines) is 1. The van der Waals surface area contributed by atoms with Gasteiger partial charge < -0.3 is 5.32 Å². The second-order valence-corrected chi connectivity index (χ2v) is 9.02. The molecule has 162 valence electrons. The summed E-state index contributed by atoms with van der Waals surface area (Å²) in [5.41, 5.74) is 2.53. The number of rotatable bonds is 4. The molecule has 1 N–H and O–H groups in total. The van der Waals surface area contributed by atoms with Crippen molar-refractivity contribution in [3.63, 3.8) is 0 Å². The van der Waals surface area contributed by atoms with Crippen LogP contribution in [0.5, 0.6) is 0 Å². The topological polar surface area (TPSA) is 41.0 Å². The molecule has 4 nitrogen and oxygen atoms in total. The van der Waals surface area contributed by atoms with Crippen molar-refractivity contribution >= 4 is 52.2 Å². The summed E-state index contributed by atoms with van der Waals surface area (Å²) in [7, 11) is 0. The number of anilines is 1. The molecule has 3 heterocycles. The highest BCUT2D eigenvalue weighted by molar-refractivity contribution is 7.19. The summed E-state index contributed by atoms with van der Waals surface area (Å²) in [5.74, 6) is 0.869. The maximum Gasteiger partial charge on any atom is 0.138 e. The van der Waals surface area contributed by atoms with Gasteiger partial charge in [-0.05, 0) is 61.8 Å². The maximum absolute atomic E-state index is 13.4. The molecular formula is C22H27Cl2FN4S. The predicted octanol–water partition coefficient (Wildman–Crippen LogP) is 5.63. The Bertz CT molecular complexity index is 988. The average Bonchev–Trinajstić information content (AvgIpc) is 3.09. The van der Waals surface area contributed by atoms with E-state index in [1.54, 1.807) is 18.5 Å². The molecule has 1 fully saturated rings. The number of fused-ring (bicyclic) bond motifs is 3. The predicted molar refractivity (Wildman–Crippen MR) is 127 cm³/mol. The quantitative estimate of drug-likeness (QED) is 0.538. The molecule has 3 aromatic rings. The van der Waals surface area contributed by atoms with Gasteiger partial charge in [-0.2, -0.15) is 0 Å². The molecule has 1 aliphatic carbocycles. The number of benzene rings is 1. The van der Waals surface area contributed by atoms with Gasteiger partial charge in [0.15, 0.2) is 0 Å². The van der Waals surface area contributed by atoms with Crippen molar-refractivity contribution in [2.24, 2.45) is 0 Å². The Morgan fingerprint density at radius 1 is 1.10 bits per heavy atom. The molecule has 0 amide bonds. The smallest absolute Gasteiger partial charge is 0.138 e. The van der Waals surface area contributed by atoms with E-state index in [1.807, 2.05) is 17.4 Å². The van der Waals surface area contributed by atoms with Crippen LogP contribution in [0.2, 0.25) is 0 Å². The van der Waals surface area contributed by atoms with Gasteiger partial charge in [0.05, 0.1) is 5.39 Å². The van der Waals surface area contributed by atoms with Crippen LogP contribution in [0.15, 0.2) is 30.6 Å². The fourth-order valence-electron chi connectivity index (χ4n) is 4.52. The number of thiophene rings is 1. The van der Waals surface area contributed by atoms with Crippen LogP contribution in [0.25, 0.3) is 10.2 Å². The van der Waals surface area contributed by atoms with E-state index in [1.165, 1.54) is 41.2 Å². The van der Waals surface area contributed by atoms with Gasteiger partial charge in [-0.15, -0.1) is 36.2 Å². The van der Waals surface area contributed by atoms with Crippen LogP contribution in [0.1, 0.15) is 41.7 Å². The Hall–Kier alpha value is -1.47. The van der Waals surface area contributed by atoms with Gasteiger partial charge in [0.25, 0.3) is 0 Å². The number of hydrogen-bond donors (Lipinski definition) is 1. The van der Waals surface area contributed by atoms with Gasteiger partial charge in [0, 0.05) is 30.6 Å². The number of piperidine rings is 1. The molecule has 0 bridgehead atoms. The summed E-state index contributed by atoms with van der Waals surface area (Å²) >= 11 is 1.85. The van der Waals surface area contributed by atoms with E-state index in [0.29, 0.717) is 6.04 Å². The molecule has 5 rings (SSSR count). The van der Waals surface area contributed by atoms with Crippen LogP contribution in [0.3, 0.4) is 0 Å². The molecule has 1 saturated heterocycles. The van der Waals surface area contributed by atoms with Crippen molar-refractivity contribution in [1.82, 2.24) is 14.9 Å². The molecule has 0 spiro atoms. The van der Waals surface area contributed by atoms with E-state index in [9.17, 15) is 4.39 Å². The van der Waals surface area contributed by atoms with Crippen LogP contribution in [-0.2, 0) is 19.4 Å². The Morgan fingerprint density at radius 2 is 1.90 bits per heavy atom. The molecule has 30 heavy (non-hydrogen) atoms. The minimum Gasteiger partial charge on any atom is -0.367 e. The van der Waals surface area contributed by atoms with Crippen LogP contribution in [-0.4, -0.2) is 34.0 Å². The highest BCUT2D eigenvalue weighted by atomic mass is 35.5. The summed E-state index contributed by atoms with van der Waals surface area (Å²) in [5, 5.41) is 4.99. The lowest BCUT2D eigenvalue weighted by Gasteiger charge is -2.32. The van der Waals surface area contributed by atoms with E-state index < -0.39 is 0 Å². The highest BCUT2D eigenvalue weighted by Crippen LogP contribution is 2.38. The molecule has 0 radical (unpaired) electrons. The molecule has 0 saturated carbocycles. The third-order valence-corrected chi connectivity index (χ3v) is 7.17. The lowest BCUT2D eigenvalue weighted by atomic mass is 9.96. The first-order chi connectivity index (χ1) is 13.8. The minimum atomic E-state index is -0.152. The van der Waals surface area contributed by atoms with Gasteiger partial charge in [-0.25, -0.2) is 14.4 Å². The third kappa shape index (κ3) is 4.88. The van der Waals surface area contributed by atoms with Gasteiger partial charge in [0.2, 0.25) is 0 Å². The standard InChI is InChI=1S/C22H25FN4S.2ClH/c23-16-5-3-4-15(12-16)13-27-10-8-17(9-11-27)26-21-20-18-6-1-2-7-19(18)28-22(20)25-14-24-21;;/h3-5,12,14,17H,1-2,6-11,13H2,(H,24,25,26);2*1H. The highest BCUT2D eigenvalue weighted by Gasteiger charge is 2.23. The molecule has 0 unspecified atom stereocenters. The van der Waals surface area contributed by atoms with Crippen LogP contribution in [0, 0.1) is 5.82 Å². The molecule has 2 aliphatic rings. The van der Waals surface area contributed by atoms with Gasteiger partial charge in [-0.3, -0.25) is 4.90 Å². The molecular weight excluding hydrogens is 442 g/mol. The van der Waals surface area contributed by atoms with Crippen molar-refractivity contribution in [2.45, 2.75) is 51.1 Å². The van der Waals surface area contributed by atoms with Crippen LogP contribution < -0.4 is 5.32 Å². The summed E-state index contributed by atoms with van der Waals surface area (Å²) in [4.78, 5) is 14.2. The zero-order valence-corrected chi connectivity index (χ0v) is 19.2. The van der Waals surface area contributed by atoms with Crippen LogP contribution in [0.4, 0.5) is 10.2 Å². The number of halogens is 3. The Morgan fingerprint density at radius 3 is 2.70 bits per heavy atom. The summed E-state index contributed by atoms with van der Waals surface area (Å²) in [6.07, 6.45) is 8.76. The van der Waals surface area contributed by atoms with Gasteiger partial charge in [-0.1, -0.05) is 12.1 Å². The largest absolute Gasteiger partial charge is 0.367 e. The van der Waals surface area contributed by atoms with E-state index in [0.717, 1.165) is 55.1 Å². The van der Waals surface area contributed by atoms with E-state index in [-0.39, 0.29) is 30.6 Å². The lowest BCUT2D eigenvalue weighted by Crippen LogP contribution is -2.38. The number of aromatic nitrogens is 2. The average molecular weight is 469 g/mol. The molecule has 0 atom stereocenters. The zero-order valence-electron chi connectivity index (χ0n) is 16.8. The second-order valence-electron chi connectivity index (χ2n) is 7.94. The van der Waals surface area contributed by atoms with Gasteiger partial charge >= 0.3 is 0 Å². The fraction of sp³-hybridized carbons (Fsp3) is 0.455. The number of hydrogen-bond acceptors (Lipinski definition) is 5. The first-order valence-electron chi connectivity index (χ1n) is 10.2. The number of aryl methyl sites for hydroxylation is 2. The minimum absolute atomic E-state index is 0.